The van der Waals surface area contributed by atoms with Gasteiger partial charge < -0.3 is 20.7 Å². The van der Waals surface area contributed by atoms with Gasteiger partial charge in [-0.3, -0.25) is 0 Å². The lowest BCUT2D eigenvalue weighted by Gasteiger charge is -2.32. The van der Waals surface area contributed by atoms with E-state index in [1.807, 2.05) is 0 Å². The van der Waals surface area contributed by atoms with Gasteiger partial charge in [-0.25, -0.2) is 18.7 Å². The highest BCUT2D eigenvalue weighted by molar-refractivity contribution is 5.61. The second kappa shape index (κ2) is 7.44. The second-order valence-electron chi connectivity index (χ2n) is 7.53. The summed E-state index contributed by atoms with van der Waals surface area (Å²) in [5.41, 5.74) is 6.36. The molecular weight excluding hydrogens is 378 g/mol. The molecule has 0 bridgehead atoms. The second-order valence-corrected chi connectivity index (χ2v) is 7.53. The number of nitrogens with two attached hydrogens (primary N) is 1. The Hall–Kier alpha value is -2.99. The van der Waals surface area contributed by atoms with E-state index in [1.165, 1.54) is 0 Å². The molecule has 4 heterocycles. The molecule has 0 radical (unpaired) electrons. The molecule has 2 aliphatic rings. The Balaban J connectivity index is 1.74. The molecule has 0 aliphatic carbocycles. The summed E-state index contributed by atoms with van der Waals surface area (Å²) in [7, 11) is 0. The molecule has 2 saturated heterocycles. The van der Waals surface area contributed by atoms with Crippen molar-refractivity contribution in [2.45, 2.75) is 30.6 Å². The number of nitrogens with zero attached hydrogens (tertiary/aromatic N) is 4. The van der Waals surface area contributed by atoms with E-state index in [2.05, 4.69) is 21.4 Å². The van der Waals surface area contributed by atoms with Crippen LogP contribution < -0.4 is 16.0 Å². The largest absolute Gasteiger partial charge is 0.399 e. The van der Waals surface area contributed by atoms with Crippen molar-refractivity contribution in [3.8, 4) is 6.07 Å². The van der Waals surface area contributed by atoms with Crippen LogP contribution in [0.2, 0.25) is 0 Å². The third kappa shape index (κ3) is 4.07. The molecule has 0 unspecified atom stereocenters. The fourth-order valence-electron chi connectivity index (χ4n) is 3.78. The van der Waals surface area contributed by atoms with E-state index in [4.69, 9.17) is 10.5 Å². The van der Waals surface area contributed by atoms with Crippen LogP contribution in [0.3, 0.4) is 0 Å². The van der Waals surface area contributed by atoms with Gasteiger partial charge in [0.15, 0.2) is 0 Å². The Kier molecular flexibility index (Phi) is 4.96. The van der Waals surface area contributed by atoms with Crippen LogP contribution >= 0.6 is 0 Å². The van der Waals surface area contributed by atoms with Gasteiger partial charge >= 0.3 is 0 Å². The summed E-state index contributed by atoms with van der Waals surface area (Å²) < 4.78 is 33.0. The highest BCUT2D eigenvalue weighted by Gasteiger charge is 2.40. The van der Waals surface area contributed by atoms with Crippen molar-refractivity contribution in [2.24, 2.45) is 0 Å². The van der Waals surface area contributed by atoms with E-state index < -0.39 is 11.3 Å². The molecule has 152 valence electrons. The minimum Gasteiger partial charge on any atom is -0.399 e. The van der Waals surface area contributed by atoms with Crippen LogP contribution in [0.5, 0.6) is 0 Å². The first-order chi connectivity index (χ1) is 13.9. The van der Waals surface area contributed by atoms with Crippen molar-refractivity contribution in [3.63, 3.8) is 0 Å². The van der Waals surface area contributed by atoms with Gasteiger partial charge in [0.05, 0.1) is 18.0 Å². The number of hydrogen-bond acceptors (Lipinski definition) is 7. The van der Waals surface area contributed by atoms with E-state index in [0.717, 1.165) is 5.56 Å². The molecule has 0 amide bonds. The van der Waals surface area contributed by atoms with Crippen molar-refractivity contribution >= 4 is 23.1 Å². The van der Waals surface area contributed by atoms with E-state index in [0.29, 0.717) is 49.2 Å². The summed E-state index contributed by atoms with van der Waals surface area (Å²) in [6.07, 6.45) is 2.44. The summed E-state index contributed by atoms with van der Waals surface area (Å²) in [5, 5.41) is 13.0. The Morgan fingerprint density at radius 2 is 1.97 bits per heavy atom. The number of alkyl halides is 2. The molecule has 3 N–H and O–H groups in total. The lowest BCUT2D eigenvalue weighted by Crippen LogP contribution is -2.33. The number of hydrogen-bond donors (Lipinski definition) is 2. The lowest BCUT2D eigenvalue weighted by molar-refractivity contribution is 0.0256. The minimum atomic E-state index is -2.74. The smallest absolute Gasteiger partial charge is 0.266 e. The van der Waals surface area contributed by atoms with Gasteiger partial charge in [-0.05, 0) is 36.6 Å². The van der Waals surface area contributed by atoms with Crippen LogP contribution in [0.4, 0.5) is 31.9 Å². The Morgan fingerprint density at radius 1 is 1.17 bits per heavy atom. The maximum atomic E-state index is 13.8. The van der Waals surface area contributed by atoms with Crippen molar-refractivity contribution in [2.75, 3.05) is 42.3 Å². The van der Waals surface area contributed by atoms with Crippen molar-refractivity contribution in [3.05, 3.63) is 36.0 Å². The van der Waals surface area contributed by atoms with Crippen LogP contribution in [-0.4, -0.2) is 42.2 Å². The molecule has 4 rings (SSSR count). The predicted molar refractivity (Wildman–Crippen MR) is 105 cm³/mol. The first kappa shape index (κ1) is 19.3. The van der Waals surface area contributed by atoms with Gasteiger partial charge in [0.25, 0.3) is 5.92 Å². The molecule has 0 atom stereocenters. The fourth-order valence-corrected chi connectivity index (χ4v) is 3.78. The standard InChI is InChI=1S/C20H22F2N6O/c21-20(22)2-6-28(13-20)18-10-14(19(12-23)3-7-29-8-4-19)9-17(27-18)26-16-11-15(24)1-5-25-16/h1,5,9-11H,2-4,6-8,13H2,(H3,24,25,26,27). The average molecular weight is 400 g/mol. The molecule has 7 nitrogen and oxygen atoms in total. The molecule has 9 heteroatoms. The lowest BCUT2D eigenvalue weighted by atomic mass is 9.75. The average Bonchev–Trinajstić information content (AvgIpc) is 3.08. The molecular formula is C20H22F2N6O. The van der Waals surface area contributed by atoms with Gasteiger partial charge in [-0.1, -0.05) is 0 Å². The molecule has 0 spiro atoms. The van der Waals surface area contributed by atoms with Crippen LogP contribution in [0, 0.1) is 11.3 Å². The molecule has 2 aliphatic heterocycles. The quantitative estimate of drug-likeness (QED) is 0.813. The van der Waals surface area contributed by atoms with E-state index >= 15 is 0 Å². The van der Waals surface area contributed by atoms with Gasteiger partial charge in [0.1, 0.15) is 17.5 Å². The number of aromatic nitrogens is 2. The Morgan fingerprint density at radius 3 is 2.62 bits per heavy atom. The molecule has 0 aromatic carbocycles. The van der Waals surface area contributed by atoms with Gasteiger partial charge in [0.2, 0.25) is 0 Å². The van der Waals surface area contributed by atoms with Crippen LogP contribution in [0.15, 0.2) is 30.5 Å². The van der Waals surface area contributed by atoms with Gasteiger partial charge in [0, 0.05) is 44.1 Å². The first-order valence-electron chi connectivity index (χ1n) is 9.52. The van der Waals surface area contributed by atoms with Crippen LogP contribution in [-0.2, 0) is 10.2 Å². The van der Waals surface area contributed by atoms with Gasteiger partial charge in [-0.2, -0.15) is 5.26 Å². The third-order valence-electron chi connectivity index (χ3n) is 5.46. The van der Waals surface area contributed by atoms with Gasteiger partial charge in [-0.15, -0.1) is 0 Å². The fraction of sp³-hybridized carbons (Fsp3) is 0.450. The zero-order valence-corrected chi connectivity index (χ0v) is 15.9. The third-order valence-corrected chi connectivity index (χ3v) is 5.46. The number of nitrogen functional groups attached to an aromatic ring is 1. The Labute approximate surface area is 167 Å². The zero-order valence-electron chi connectivity index (χ0n) is 15.9. The number of anilines is 4. The number of pyridine rings is 2. The molecule has 2 fully saturated rings. The number of ether oxygens (including phenoxy) is 1. The number of rotatable bonds is 4. The predicted octanol–water partition coefficient (Wildman–Crippen LogP) is 3.22. The van der Waals surface area contributed by atoms with Crippen LogP contribution in [0.1, 0.15) is 24.8 Å². The minimum absolute atomic E-state index is 0.210. The van der Waals surface area contributed by atoms with Crippen molar-refractivity contribution in [1.82, 2.24) is 9.97 Å². The zero-order chi connectivity index (χ0) is 20.5. The summed E-state index contributed by atoms with van der Waals surface area (Å²) in [4.78, 5) is 10.3. The maximum Gasteiger partial charge on any atom is 0.266 e. The molecule has 29 heavy (non-hydrogen) atoms. The van der Waals surface area contributed by atoms with E-state index in [-0.39, 0.29) is 19.5 Å². The van der Waals surface area contributed by atoms with Crippen LogP contribution in [0.25, 0.3) is 0 Å². The summed E-state index contributed by atoms with van der Waals surface area (Å²) in [6.45, 7) is 0.781. The monoisotopic (exact) mass is 400 g/mol. The molecule has 0 saturated carbocycles. The summed E-state index contributed by atoms with van der Waals surface area (Å²) in [5.74, 6) is -1.39. The Bertz CT molecular complexity index is 939. The SMILES string of the molecule is N#CC1(c2cc(Nc3cc(N)ccn3)nc(N3CCC(F)(F)C3)c2)CCOCC1. The summed E-state index contributed by atoms with van der Waals surface area (Å²) >= 11 is 0. The van der Waals surface area contributed by atoms with Crippen molar-refractivity contribution in [1.29, 1.82) is 5.26 Å². The van der Waals surface area contributed by atoms with E-state index in [1.54, 1.807) is 35.4 Å². The number of nitriles is 1. The highest BCUT2D eigenvalue weighted by atomic mass is 19.3. The van der Waals surface area contributed by atoms with E-state index in [9.17, 15) is 14.0 Å². The van der Waals surface area contributed by atoms with Crippen molar-refractivity contribution < 1.29 is 13.5 Å². The topological polar surface area (TPSA) is 100 Å². The molecule has 2 aromatic rings. The molecule has 2 aromatic heterocycles. The highest BCUT2D eigenvalue weighted by Crippen LogP contribution is 2.38. The number of nitrogens with one attached hydrogen (secondary N) is 1. The summed E-state index contributed by atoms with van der Waals surface area (Å²) in [6, 6.07) is 9.30. The number of halogens is 2. The maximum absolute atomic E-state index is 13.8. The normalized spacial score (nSPS) is 20.2. The first-order valence-corrected chi connectivity index (χ1v) is 9.52.